The van der Waals surface area contributed by atoms with E-state index in [4.69, 9.17) is 4.74 Å². The lowest BCUT2D eigenvalue weighted by Crippen LogP contribution is -2.29. The Morgan fingerprint density at radius 3 is 2.32 bits per heavy atom. The van der Waals surface area contributed by atoms with Gasteiger partial charge in [0.05, 0.1) is 19.3 Å². The van der Waals surface area contributed by atoms with Gasteiger partial charge in [0.25, 0.3) is 0 Å². The number of anilines is 1. The maximum absolute atomic E-state index is 12.6. The monoisotopic (exact) mass is 454 g/mol. The van der Waals surface area contributed by atoms with E-state index in [1.54, 1.807) is 39.0 Å². The first-order chi connectivity index (χ1) is 16.2. The van der Waals surface area contributed by atoms with E-state index >= 15 is 0 Å². The molecule has 1 heterocycles. The van der Waals surface area contributed by atoms with Gasteiger partial charge < -0.3 is 9.84 Å². The molecule has 34 heavy (non-hydrogen) atoms. The summed E-state index contributed by atoms with van der Waals surface area (Å²) in [5.74, 6) is 1.40. The second-order valence-corrected chi connectivity index (χ2v) is 9.12. The maximum atomic E-state index is 12.6. The average Bonchev–Trinajstić information content (AvgIpc) is 2.81. The Bertz CT molecular complexity index is 1340. The number of aliphatic hydroxyl groups is 1. The molecule has 0 atom stereocenters. The van der Waals surface area contributed by atoms with Gasteiger partial charge in [0, 0.05) is 18.5 Å². The molecule has 0 unspecified atom stereocenters. The second kappa shape index (κ2) is 9.27. The van der Waals surface area contributed by atoms with Crippen LogP contribution in [0.25, 0.3) is 21.9 Å². The first-order valence-corrected chi connectivity index (χ1v) is 11.3. The van der Waals surface area contributed by atoms with E-state index in [-0.39, 0.29) is 5.91 Å². The predicted octanol–water partition coefficient (Wildman–Crippen LogP) is 6.00. The minimum Gasteiger partial charge on any atom is -0.496 e. The summed E-state index contributed by atoms with van der Waals surface area (Å²) in [6, 6.07) is 22.0. The maximum Gasteiger partial charge on any atom is 0.225 e. The fraction of sp³-hybridized carbons (Fsp3) is 0.241. The number of aryl methyl sites for hydroxylation is 1. The van der Waals surface area contributed by atoms with Crippen LogP contribution in [0, 0.1) is 6.92 Å². The molecule has 0 aliphatic rings. The third kappa shape index (κ3) is 4.80. The Morgan fingerprint density at radius 1 is 1.00 bits per heavy atom. The minimum absolute atomic E-state index is 0.0820. The highest BCUT2D eigenvalue weighted by atomic mass is 16.5. The van der Waals surface area contributed by atoms with Crippen molar-refractivity contribution in [2.24, 2.45) is 0 Å². The summed E-state index contributed by atoms with van der Waals surface area (Å²) in [5, 5.41) is 12.2. The smallest absolute Gasteiger partial charge is 0.225 e. The molecule has 0 bridgehead atoms. The SMILES string of the molecule is COc1ccc(-c2ccc(CN(C(C)=O)c3nccc4cc(C(C)(C)O)ccc34)cc2)cc1C. The van der Waals surface area contributed by atoms with Crippen molar-refractivity contribution in [2.75, 3.05) is 12.0 Å². The van der Waals surface area contributed by atoms with E-state index in [0.717, 1.165) is 44.3 Å². The highest BCUT2D eigenvalue weighted by molar-refractivity contribution is 6.01. The summed E-state index contributed by atoms with van der Waals surface area (Å²) in [4.78, 5) is 18.9. The first-order valence-electron chi connectivity index (χ1n) is 11.3. The lowest BCUT2D eigenvalue weighted by atomic mass is 9.96. The molecule has 5 nitrogen and oxygen atoms in total. The van der Waals surface area contributed by atoms with Gasteiger partial charge in [-0.1, -0.05) is 42.5 Å². The van der Waals surface area contributed by atoms with Crippen molar-refractivity contribution in [2.45, 2.75) is 39.8 Å². The van der Waals surface area contributed by atoms with Crippen LogP contribution in [0.1, 0.15) is 37.5 Å². The lowest BCUT2D eigenvalue weighted by Gasteiger charge is -2.23. The van der Waals surface area contributed by atoms with E-state index in [9.17, 15) is 9.90 Å². The Labute approximate surface area is 200 Å². The summed E-state index contributed by atoms with van der Waals surface area (Å²) >= 11 is 0. The molecule has 174 valence electrons. The number of aromatic nitrogens is 1. The molecule has 5 heteroatoms. The van der Waals surface area contributed by atoms with Crippen molar-refractivity contribution in [1.29, 1.82) is 0 Å². The van der Waals surface area contributed by atoms with Crippen molar-refractivity contribution in [3.8, 4) is 16.9 Å². The molecule has 0 fully saturated rings. The number of fused-ring (bicyclic) bond motifs is 1. The van der Waals surface area contributed by atoms with Crippen molar-refractivity contribution < 1.29 is 14.6 Å². The van der Waals surface area contributed by atoms with Gasteiger partial charge in [-0.2, -0.15) is 0 Å². The number of nitrogens with zero attached hydrogens (tertiary/aromatic N) is 2. The molecule has 0 radical (unpaired) electrons. The number of hydrogen-bond acceptors (Lipinski definition) is 4. The largest absolute Gasteiger partial charge is 0.496 e. The van der Waals surface area contributed by atoms with Gasteiger partial charge in [-0.3, -0.25) is 9.69 Å². The van der Waals surface area contributed by atoms with Crippen molar-refractivity contribution >= 4 is 22.5 Å². The van der Waals surface area contributed by atoms with E-state index in [1.807, 2.05) is 55.5 Å². The Hall–Kier alpha value is -3.70. The molecule has 4 rings (SSSR count). The second-order valence-electron chi connectivity index (χ2n) is 9.12. The summed E-state index contributed by atoms with van der Waals surface area (Å²) < 4.78 is 5.36. The fourth-order valence-electron chi connectivity index (χ4n) is 4.14. The molecular weight excluding hydrogens is 424 g/mol. The zero-order valence-corrected chi connectivity index (χ0v) is 20.3. The van der Waals surface area contributed by atoms with Crippen LogP contribution in [-0.4, -0.2) is 23.1 Å². The van der Waals surface area contributed by atoms with Gasteiger partial charge in [-0.05, 0) is 78.2 Å². The molecule has 4 aromatic rings. The fourth-order valence-corrected chi connectivity index (χ4v) is 4.14. The predicted molar refractivity (Wildman–Crippen MR) is 137 cm³/mol. The molecule has 0 saturated heterocycles. The van der Waals surface area contributed by atoms with E-state index in [2.05, 4.69) is 23.2 Å². The Morgan fingerprint density at radius 2 is 1.71 bits per heavy atom. The number of benzene rings is 3. The summed E-state index contributed by atoms with van der Waals surface area (Å²) in [6.07, 6.45) is 1.71. The highest BCUT2D eigenvalue weighted by Gasteiger charge is 2.20. The van der Waals surface area contributed by atoms with Crippen LogP contribution < -0.4 is 9.64 Å². The molecular formula is C29H30N2O3. The number of carbonyl (C=O) groups is 1. The normalized spacial score (nSPS) is 11.5. The average molecular weight is 455 g/mol. The molecule has 0 saturated carbocycles. The van der Waals surface area contributed by atoms with E-state index in [0.29, 0.717) is 12.4 Å². The number of amides is 1. The number of hydrogen-bond donors (Lipinski definition) is 1. The number of carbonyl (C=O) groups excluding carboxylic acids is 1. The molecule has 0 aliphatic carbocycles. The number of rotatable bonds is 6. The van der Waals surface area contributed by atoms with Gasteiger partial charge in [-0.25, -0.2) is 4.98 Å². The van der Waals surface area contributed by atoms with Crippen LogP contribution in [0.2, 0.25) is 0 Å². The van der Waals surface area contributed by atoms with Crippen LogP contribution >= 0.6 is 0 Å². The highest BCUT2D eigenvalue weighted by Crippen LogP contribution is 2.31. The number of ether oxygens (including phenoxy) is 1. The van der Waals surface area contributed by atoms with Gasteiger partial charge in [0.2, 0.25) is 5.91 Å². The third-order valence-corrected chi connectivity index (χ3v) is 6.11. The molecule has 1 aromatic heterocycles. The minimum atomic E-state index is -0.942. The molecule has 1 amide bonds. The zero-order chi connectivity index (χ0) is 24.5. The van der Waals surface area contributed by atoms with Crippen LogP contribution in [0.4, 0.5) is 5.82 Å². The standard InChI is InChI=1S/C29H30N2O3/c1-19-16-23(10-13-27(19)34-5)22-8-6-21(7-9-22)18-31(20(2)32)28-26-12-11-25(29(3,4)33)17-24(26)14-15-30-28/h6-17,33H,18H2,1-5H3. The zero-order valence-electron chi connectivity index (χ0n) is 20.3. The number of methoxy groups -OCH3 is 1. The van der Waals surface area contributed by atoms with Gasteiger partial charge in [-0.15, -0.1) is 0 Å². The lowest BCUT2D eigenvalue weighted by molar-refractivity contribution is -0.116. The van der Waals surface area contributed by atoms with Crippen LogP contribution in [0.15, 0.2) is 72.9 Å². The van der Waals surface area contributed by atoms with Gasteiger partial charge in [0.1, 0.15) is 11.6 Å². The van der Waals surface area contributed by atoms with Gasteiger partial charge >= 0.3 is 0 Å². The van der Waals surface area contributed by atoms with Gasteiger partial charge in [0.15, 0.2) is 0 Å². The molecule has 1 N–H and O–H groups in total. The van der Waals surface area contributed by atoms with Crippen molar-refractivity contribution in [3.05, 3.63) is 89.6 Å². The summed E-state index contributed by atoms with van der Waals surface area (Å²) in [7, 11) is 1.68. The van der Waals surface area contributed by atoms with Crippen LogP contribution in [0.5, 0.6) is 5.75 Å². The van der Waals surface area contributed by atoms with Crippen molar-refractivity contribution in [3.63, 3.8) is 0 Å². The molecule has 3 aromatic carbocycles. The summed E-state index contributed by atoms with van der Waals surface area (Å²) in [6.45, 7) is 7.52. The topological polar surface area (TPSA) is 62.7 Å². The molecule has 0 spiro atoms. The van der Waals surface area contributed by atoms with Crippen molar-refractivity contribution in [1.82, 2.24) is 4.98 Å². The Balaban J connectivity index is 1.64. The molecule has 0 aliphatic heterocycles. The van der Waals surface area contributed by atoms with E-state index < -0.39 is 5.60 Å². The third-order valence-electron chi connectivity index (χ3n) is 6.11. The van der Waals surface area contributed by atoms with Crippen LogP contribution in [-0.2, 0) is 16.9 Å². The number of pyridine rings is 1. The van der Waals surface area contributed by atoms with E-state index in [1.165, 1.54) is 0 Å². The quantitative estimate of drug-likeness (QED) is 0.388. The summed E-state index contributed by atoms with van der Waals surface area (Å²) in [5.41, 5.74) is 4.19. The first kappa shape index (κ1) is 23.5. The van der Waals surface area contributed by atoms with Crippen LogP contribution in [0.3, 0.4) is 0 Å². The Kier molecular flexibility index (Phi) is 6.40.